The van der Waals surface area contributed by atoms with Crippen LogP contribution < -0.4 is 0 Å². The molecule has 16 heavy (non-hydrogen) atoms. The normalized spacial score (nSPS) is 10.4. The first-order valence-electron chi connectivity index (χ1n) is 5.89. The molecule has 0 unspecified atom stereocenters. The number of amides is 1. The molecular formula is C11H20N4O. The summed E-state index contributed by atoms with van der Waals surface area (Å²) in [5, 5.41) is 7.53. The van der Waals surface area contributed by atoms with Crippen LogP contribution in [0.5, 0.6) is 0 Å². The van der Waals surface area contributed by atoms with Crippen LogP contribution in [-0.4, -0.2) is 38.9 Å². The number of hydrogen-bond donors (Lipinski definition) is 0. The van der Waals surface area contributed by atoms with Crippen molar-refractivity contribution in [2.75, 3.05) is 13.1 Å². The molecule has 0 saturated carbocycles. The van der Waals surface area contributed by atoms with Gasteiger partial charge in [-0.2, -0.15) is 0 Å². The fourth-order valence-electron chi connectivity index (χ4n) is 1.53. The van der Waals surface area contributed by atoms with E-state index in [1.54, 1.807) is 17.1 Å². The average molecular weight is 224 g/mol. The summed E-state index contributed by atoms with van der Waals surface area (Å²) in [7, 11) is 0. The zero-order valence-electron chi connectivity index (χ0n) is 10.1. The maximum atomic E-state index is 11.8. The molecule has 90 valence electrons. The largest absolute Gasteiger partial charge is 0.343 e. The number of hydrogen-bond acceptors (Lipinski definition) is 3. The highest BCUT2D eigenvalue weighted by Crippen LogP contribution is 1.99. The summed E-state index contributed by atoms with van der Waals surface area (Å²) >= 11 is 0. The Hall–Kier alpha value is -1.39. The Morgan fingerprint density at radius 1 is 1.44 bits per heavy atom. The molecule has 0 aromatic carbocycles. The zero-order chi connectivity index (χ0) is 11.8. The van der Waals surface area contributed by atoms with Crippen LogP contribution in [0.15, 0.2) is 12.4 Å². The van der Waals surface area contributed by atoms with Gasteiger partial charge in [-0.05, 0) is 13.3 Å². The predicted molar refractivity (Wildman–Crippen MR) is 61.8 cm³/mol. The van der Waals surface area contributed by atoms with Crippen molar-refractivity contribution in [1.29, 1.82) is 0 Å². The van der Waals surface area contributed by atoms with E-state index in [2.05, 4.69) is 17.2 Å². The summed E-state index contributed by atoms with van der Waals surface area (Å²) in [5.74, 6) is 0.200. The third kappa shape index (κ3) is 4.00. The minimum atomic E-state index is 0.200. The first kappa shape index (κ1) is 12.7. The predicted octanol–water partition coefficient (Wildman–Crippen LogP) is 1.32. The molecule has 0 bridgehead atoms. The lowest BCUT2D eigenvalue weighted by atomic mass is 10.3. The summed E-state index contributed by atoms with van der Waals surface area (Å²) in [5.41, 5.74) is 0. The molecule has 5 nitrogen and oxygen atoms in total. The van der Waals surface area contributed by atoms with Gasteiger partial charge in [0.2, 0.25) is 5.91 Å². The summed E-state index contributed by atoms with van der Waals surface area (Å²) in [6, 6.07) is 0. The van der Waals surface area contributed by atoms with Crippen LogP contribution in [-0.2, 0) is 11.3 Å². The molecule has 0 aliphatic heterocycles. The lowest BCUT2D eigenvalue weighted by Gasteiger charge is -2.20. The van der Waals surface area contributed by atoms with Gasteiger partial charge >= 0.3 is 0 Å². The average Bonchev–Trinajstić information content (AvgIpc) is 2.80. The first-order chi connectivity index (χ1) is 7.77. The molecule has 0 aliphatic carbocycles. The molecule has 1 aromatic rings. The summed E-state index contributed by atoms with van der Waals surface area (Å²) in [6.45, 7) is 6.41. The van der Waals surface area contributed by atoms with Crippen LogP contribution >= 0.6 is 0 Å². The highest BCUT2D eigenvalue weighted by molar-refractivity contribution is 5.76. The lowest BCUT2D eigenvalue weighted by Crippen LogP contribution is -2.32. The Labute approximate surface area is 96.4 Å². The molecule has 0 spiro atoms. The number of aromatic nitrogens is 3. The third-order valence-electron chi connectivity index (χ3n) is 2.54. The molecule has 1 heterocycles. The van der Waals surface area contributed by atoms with Gasteiger partial charge in [-0.3, -0.25) is 9.48 Å². The van der Waals surface area contributed by atoms with Crippen LogP contribution in [0.4, 0.5) is 0 Å². The summed E-state index contributed by atoms with van der Waals surface area (Å²) < 4.78 is 1.69. The van der Waals surface area contributed by atoms with Crippen LogP contribution in [0.25, 0.3) is 0 Å². The highest BCUT2D eigenvalue weighted by atomic mass is 16.2. The van der Waals surface area contributed by atoms with E-state index in [1.165, 1.54) is 0 Å². The highest BCUT2D eigenvalue weighted by Gasteiger charge is 2.10. The second-order valence-corrected chi connectivity index (χ2v) is 3.74. The number of nitrogens with zero attached hydrogens (tertiary/aromatic N) is 4. The molecule has 5 heteroatoms. The van der Waals surface area contributed by atoms with Gasteiger partial charge in [0.1, 0.15) is 0 Å². The van der Waals surface area contributed by atoms with Crippen LogP contribution in [0.1, 0.15) is 33.1 Å². The molecule has 0 radical (unpaired) electrons. The van der Waals surface area contributed by atoms with Gasteiger partial charge in [-0.15, -0.1) is 5.10 Å². The van der Waals surface area contributed by atoms with Gasteiger partial charge in [0.25, 0.3) is 0 Å². The van der Waals surface area contributed by atoms with E-state index in [9.17, 15) is 4.79 Å². The van der Waals surface area contributed by atoms with Gasteiger partial charge < -0.3 is 4.90 Å². The Kier molecular flexibility index (Phi) is 5.53. The lowest BCUT2D eigenvalue weighted by molar-refractivity contribution is -0.131. The van der Waals surface area contributed by atoms with E-state index in [0.29, 0.717) is 13.0 Å². The standard InChI is InChI=1S/C11H20N4O/c1-3-5-8-14(4-2)11(16)6-9-15-10-7-12-13-15/h7,10H,3-6,8-9H2,1-2H3. The number of rotatable bonds is 7. The molecular weight excluding hydrogens is 204 g/mol. The fourth-order valence-corrected chi connectivity index (χ4v) is 1.53. The zero-order valence-corrected chi connectivity index (χ0v) is 10.1. The van der Waals surface area contributed by atoms with Crippen molar-refractivity contribution in [1.82, 2.24) is 19.9 Å². The summed E-state index contributed by atoms with van der Waals surface area (Å²) in [4.78, 5) is 13.7. The number of carbonyl (C=O) groups excluding carboxylic acids is 1. The van der Waals surface area contributed by atoms with Crippen LogP contribution in [0.3, 0.4) is 0 Å². The molecule has 1 aromatic heterocycles. The maximum Gasteiger partial charge on any atom is 0.224 e. The topological polar surface area (TPSA) is 51.0 Å². The monoisotopic (exact) mass is 224 g/mol. The van der Waals surface area contributed by atoms with Gasteiger partial charge in [0.15, 0.2) is 0 Å². The van der Waals surface area contributed by atoms with E-state index >= 15 is 0 Å². The van der Waals surface area contributed by atoms with Crippen molar-refractivity contribution < 1.29 is 4.79 Å². The second-order valence-electron chi connectivity index (χ2n) is 3.74. The fraction of sp³-hybridized carbons (Fsp3) is 0.727. The summed E-state index contributed by atoms with van der Waals surface area (Å²) in [6.07, 6.45) is 6.09. The molecule has 1 amide bonds. The minimum absolute atomic E-state index is 0.200. The van der Waals surface area contributed by atoms with Crippen molar-refractivity contribution in [2.24, 2.45) is 0 Å². The Balaban J connectivity index is 2.31. The van der Waals surface area contributed by atoms with Gasteiger partial charge in [0, 0.05) is 25.7 Å². The second kappa shape index (κ2) is 6.98. The van der Waals surface area contributed by atoms with E-state index in [0.717, 1.165) is 25.9 Å². The minimum Gasteiger partial charge on any atom is -0.343 e. The van der Waals surface area contributed by atoms with Crippen LogP contribution in [0.2, 0.25) is 0 Å². The molecule has 0 atom stereocenters. The van der Waals surface area contributed by atoms with Crippen LogP contribution in [0, 0.1) is 0 Å². The Morgan fingerprint density at radius 3 is 2.81 bits per heavy atom. The van der Waals surface area contributed by atoms with Gasteiger partial charge in [-0.1, -0.05) is 18.6 Å². The van der Waals surface area contributed by atoms with Gasteiger partial charge in [0.05, 0.1) is 12.7 Å². The van der Waals surface area contributed by atoms with Crippen molar-refractivity contribution in [3.63, 3.8) is 0 Å². The smallest absolute Gasteiger partial charge is 0.224 e. The molecule has 0 fully saturated rings. The number of carbonyl (C=O) groups is 1. The quantitative estimate of drug-likeness (QED) is 0.702. The molecule has 0 saturated heterocycles. The van der Waals surface area contributed by atoms with E-state index in [1.807, 2.05) is 11.8 Å². The van der Waals surface area contributed by atoms with Crippen molar-refractivity contribution in [3.05, 3.63) is 12.4 Å². The Bertz CT molecular complexity index is 297. The van der Waals surface area contributed by atoms with E-state index < -0.39 is 0 Å². The number of aryl methyl sites for hydroxylation is 1. The van der Waals surface area contributed by atoms with Crippen molar-refractivity contribution in [3.8, 4) is 0 Å². The van der Waals surface area contributed by atoms with Crippen molar-refractivity contribution in [2.45, 2.75) is 39.7 Å². The maximum absolute atomic E-state index is 11.8. The van der Waals surface area contributed by atoms with E-state index in [4.69, 9.17) is 0 Å². The SMILES string of the molecule is CCCCN(CC)C(=O)CCn1ccnn1. The first-order valence-corrected chi connectivity index (χ1v) is 5.89. The Morgan fingerprint density at radius 2 is 2.25 bits per heavy atom. The molecule has 0 N–H and O–H groups in total. The van der Waals surface area contributed by atoms with Gasteiger partial charge in [-0.25, -0.2) is 0 Å². The van der Waals surface area contributed by atoms with E-state index in [-0.39, 0.29) is 5.91 Å². The third-order valence-corrected chi connectivity index (χ3v) is 2.54. The molecule has 1 rings (SSSR count). The van der Waals surface area contributed by atoms with Crippen molar-refractivity contribution >= 4 is 5.91 Å². The molecule has 0 aliphatic rings. The number of unbranched alkanes of at least 4 members (excludes halogenated alkanes) is 1.